The van der Waals surface area contributed by atoms with E-state index in [0.717, 1.165) is 15.6 Å². The number of nitrogens with zero attached hydrogens (tertiary/aromatic N) is 2. The van der Waals surface area contributed by atoms with E-state index in [0.29, 0.717) is 12.3 Å². The number of carbonyl (C=O) groups is 2. The highest BCUT2D eigenvalue weighted by atomic mass is 79.9. The Kier molecular flexibility index (Phi) is 8.66. The van der Waals surface area contributed by atoms with Crippen LogP contribution in [0.2, 0.25) is 0 Å². The summed E-state index contributed by atoms with van der Waals surface area (Å²) in [7, 11) is 1.55. The van der Waals surface area contributed by atoms with E-state index in [2.05, 4.69) is 21.2 Å². The summed E-state index contributed by atoms with van der Waals surface area (Å²) in [6, 6.07) is 13.3. The molecule has 29 heavy (non-hydrogen) atoms. The molecule has 1 atom stereocenters. The number of hydrogen-bond donors (Lipinski definition) is 1. The highest BCUT2D eigenvalue weighted by Crippen LogP contribution is 2.19. The van der Waals surface area contributed by atoms with E-state index >= 15 is 0 Å². The molecule has 2 amide bonds. The molecule has 0 spiro atoms. The lowest BCUT2D eigenvalue weighted by Crippen LogP contribution is -2.47. The molecule has 0 saturated heterocycles. The monoisotopic (exact) mass is 479 g/mol. The maximum atomic E-state index is 12.8. The van der Waals surface area contributed by atoms with Crippen molar-refractivity contribution < 1.29 is 14.5 Å². The molecule has 0 aliphatic carbocycles. The van der Waals surface area contributed by atoms with Crippen molar-refractivity contribution in [3.63, 3.8) is 0 Å². The molecule has 1 unspecified atom stereocenters. The lowest BCUT2D eigenvalue weighted by Gasteiger charge is -2.28. The number of hydrogen-bond acceptors (Lipinski definition) is 5. The fourth-order valence-corrected chi connectivity index (χ4v) is 3.77. The number of thioether (sulfide) groups is 1. The van der Waals surface area contributed by atoms with Gasteiger partial charge in [0.05, 0.1) is 10.7 Å². The molecule has 2 rings (SSSR count). The Labute approximate surface area is 182 Å². The number of halogens is 1. The summed E-state index contributed by atoms with van der Waals surface area (Å²) >= 11 is 4.79. The standard InChI is InChI=1S/C20H22BrN3O4S/c1-14(20(26)22-2)23(11-15-3-7-17(21)8-4-15)19(25)13-29-12-16-5-9-18(10-6-16)24(27)28/h3-10,14H,11-13H2,1-2H3,(H,22,26). The van der Waals surface area contributed by atoms with E-state index in [-0.39, 0.29) is 23.3 Å². The normalized spacial score (nSPS) is 11.6. The molecule has 0 aliphatic rings. The quantitative estimate of drug-likeness (QED) is 0.436. The molecule has 7 nitrogen and oxygen atoms in total. The number of nitrogens with one attached hydrogen (secondary N) is 1. The van der Waals surface area contributed by atoms with Gasteiger partial charge < -0.3 is 10.2 Å². The van der Waals surface area contributed by atoms with Crippen LogP contribution in [0.1, 0.15) is 18.1 Å². The summed E-state index contributed by atoms with van der Waals surface area (Å²) < 4.78 is 0.942. The van der Waals surface area contributed by atoms with Crippen LogP contribution in [0.25, 0.3) is 0 Å². The fraction of sp³-hybridized carbons (Fsp3) is 0.300. The van der Waals surface area contributed by atoms with Crippen LogP contribution >= 0.6 is 27.7 Å². The number of benzene rings is 2. The molecule has 0 heterocycles. The minimum atomic E-state index is -0.601. The first-order valence-electron chi connectivity index (χ1n) is 8.88. The Morgan fingerprint density at radius 2 is 1.72 bits per heavy atom. The SMILES string of the molecule is CNC(=O)C(C)N(Cc1ccc(Br)cc1)C(=O)CSCc1ccc([N+](=O)[O-])cc1. The molecule has 154 valence electrons. The van der Waals surface area contributed by atoms with Gasteiger partial charge >= 0.3 is 0 Å². The maximum Gasteiger partial charge on any atom is 0.269 e. The smallest absolute Gasteiger partial charge is 0.269 e. The lowest BCUT2D eigenvalue weighted by atomic mass is 10.1. The van der Waals surface area contributed by atoms with Gasteiger partial charge in [0.1, 0.15) is 6.04 Å². The average molecular weight is 480 g/mol. The molecule has 1 N–H and O–H groups in total. The molecule has 0 radical (unpaired) electrons. The number of amides is 2. The van der Waals surface area contributed by atoms with Crippen molar-refractivity contribution in [2.75, 3.05) is 12.8 Å². The van der Waals surface area contributed by atoms with Crippen LogP contribution in [0.4, 0.5) is 5.69 Å². The van der Waals surface area contributed by atoms with Gasteiger partial charge in [-0.1, -0.05) is 40.2 Å². The third-order valence-corrected chi connectivity index (χ3v) is 5.84. The first-order valence-corrected chi connectivity index (χ1v) is 10.8. The van der Waals surface area contributed by atoms with Crippen molar-refractivity contribution in [3.8, 4) is 0 Å². The van der Waals surface area contributed by atoms with Crippen LogP contribution in [0, 0.1) is 10.1 Å². The second-order valence-corrected chi connectivity index (χ2v) is 8.26. The molecule has 0 aromatic heterocycles. The van der Waals surface area contributed by atoms with Gasteiger partial charge in [-0.05, 0) is 30.2 Å². The summed E-state index contributed by atoms with van der Waals surface area (Å²) in [5.41, 5.74) is 1.86. The van der Waals surface area contributed by atoms with Gasteiger partial charge in [-0.2, -0.15) is 0 Å². The van der Waals surface area contributed by atoms with Gasteiger partial charge in [0.25, 0.3) is 5.69 Å². The van der Waals surface area contributed by atoms with Crippen LogP contribution in [0.15, 0.2) is 53.0 Å². The number of nitro groups is 1. The Morgan fingerprint density at radius 3 is 2.28 bits per heavy atom. The summed E-state index contributed by atoms with van der Waals surface area (Å²) in [5.74, 6) is 0.380. The third-order valence-electron chi connectivity index (χ3n) is 4.32. The first kappa shape index (κ1) is 22.9. The number of likely N-dealkylation sites (N-methyl/N-ethyl adjacent to an activating group) is 1. The molecular weight excluding hydrogens is 458 g/mol. The molecule has 0 fully saturated rings. The molecule has 0 saturated carbocycles. The van der Waals surface area contributed by atoms with E-state index in [1.54, 1.807) is 31.0 Å². The van der Waals surface area contributed by atoms with Gasteiger partial charge in [-0.15, -0.1) is 11.8 Å². The van der Waals surface area contributed by atoms with Crippen LogP contribution in [-0.4, -0.2) is 40.5 Å². The predicted molar refractivity (Wildman–Crippen MR) is 117 cm³/mol. The number of carbonyl (C=O) groups excluding carboxylic acids is 2. The molecule has 9 heteroatoms. The Balaban J connectivity index is 2.01. The zero-order valence-electron chi connectivity index (χ0n) is 16.1. The largest absolute Gasteiger partial charge is 0.357 e. The average Bonchev–Trinajstić information content (AvgIpc) is 2.72. The summed E-state index contributed by atoms with van der Waals surface area (Å²) in [6.07, 6.45) is 0. The summed E-state index contributed by atoms with van der Waals surface area (Å²) in [4.78, 5) is 36.8. The zero-order valence-corrected chi connectivity index (χ0v) is 18.5. The third kappa shape index (κ3) is 6.86. The lowest BCUT2D eigenvalue weighted by molar-refractivity contribution is -0.384. The maximum absolute atomic E-state index is 12.8. The molecule has 0 bridgehead atoms. The minimum Gasteiger partial charge on any atom is -0.357 e. The van der Waals surface area contributed by atoms with Crippen molar-refractivity contribution in [1.29, 1.82) is 0 Å². The van der Waals surface area contributed by atoms with E-state index < -0.39 is 11.0 Å². The van der Waals surface area contributed by atoms with Crippen molar-refractivity contribution in [2.24, 2.45) is 0 Å². The number of non-ortho nitro benzene ring substituents is 1. The summed E-state index contributed by atoms with van der Waals surface area (Å²) in [5, 5.41) is 13.3. The van der Waals surface area contributed by atoms with E-state index in [1.807, 2.05) is 24.3 Å². The van der Waals surface area contributed by atoms with Crippen LogP contribution in [-0.2, 0) is 21.9 Å². The molecule has 0 aliphatic heterocycles. The Hall–Kier alpha value is -2.39. The number of nitro benzene ring substituents is 1. The molecule has 2 aromatic rings. The fourth-order valence-electron chi connectivity index (χ4n) is 2.63. The highest BCUT2D eigenvalue weighted by Gasteiger charge is 2.25. The molecular formula is C20H22BrN3O4S. The van der Waals surface area contributed by atoms with Gasteiger partial charge in [0.15, 0.2) is 0 Å². The topological polar surface area (TPSA) is 92.6 Å². The minimum absolute atomic E-state index is 0.0369. The van der Waals surface area contributed by atoms with Crippen LogP contribution in [0.3, 0.4) is 0 Å². The van der Waals surface area contributed by atoms with E-state index in [4.69, 9.17) is 0 Å². The Morgan fingerprint density at radius 1 is 1.14 bits per heavy atom. The van der Waals surface area contributed by atoms with Gasteiger partial charge in [-0.3, -0.25) is 19.7 Å². The first-order chi connectivity index (χ1) is 13.8. The van der Waals surface area contributed by atoms with Gasteiger partial charge in [-0.25, -0.2) is 0 Å². The predicted octanol–water partition coefficient (Wildman–Crippen LogP) is 3.75. The van der Waals surface area contributed by atoms with Gasteiger partial charge in [0.2, 0.25) is 11.8 Å². The summed E-state index contributed by atoms with van der Waals surface area (Å²) in [6.45, 7) is 2.04. The van der Waals surface area contributed by atoms with E-state index in [9.17, 15) is 19.7 Å². The van der Waals surface area contributed by atoms with Crippen molar-refractivity contribution >= 4 is 45.2 Å². The zero-order chi connectivity index (χ0) is 21.4. The van der Waals surface area contributed by atoms with Gasteiger partial charge in [0, 0.05) is 36.0 Å². The Bertz CT molecular complexity index is 859. The highest BCUT2D eigenvalue weighted by molar-refractivity contribution is 9.10. The van der Waals surface area contributed by atoms with Crippen molar-refractivity contribution in [2.45, 2.75) is 25.3 Å². The van der Waals surface area contributed by atoms with E-state index in [1.165, 1.54) is 23.9 Å². The van der Waals surface area contributed by atoms with Crippen LogP contribution < -0.4 is 5.32 Å². The second kappa shape index (κ2) is 11.0. The second-order valence-electron chi connectivity index (χ2n) is 6.35. The van der Waals surface area contributed by atoms with Crippen molar-refractivity contribution in [3.05, 3.63) is 74.2 Å². The van der Waals surface area contributed by atoms with Crippen molar-refractivity contribution in [1.82, 2.24) is 10.2 Å². The van der Waals surface area contributed by atoms with Crippen LogP contribution in [0.5, 0.6) is 0 Å². The molecule has 2 aromatic carbocycles. The number of rotatable bonds is 9.